The highest BCUT2D eigenvalue weighted by Crippen LogP contribution is 2.44. The summed E-state index contributed by atoms with van der Waals surface area (Å²) in [4.78, 5) is 25.9. The smallest absolute Gasteiger partial charge is 0.331 e. The molecule has 3 aromatic heterocycles. The molecule has 0 aliphatic carbocycles. The lowest BCUT2D eigenvalue weighted by Crippen LogP contribution is -2.37. The molecular weight excluding hydrogens is 354 g/mol. The summed E-state index contributed by atoms with van der Waals surface area (Å²) in [6.07, 6.45) is 0.876. The Kier molecular flexibility index (Phi) is 3.53. The Bertz CT molecular complexity index is 1340. The molecule has 0 N–H and O–H groups in total. The van der Waals surface area contributed by atoms with Gasteiger partial charge in [0.2, 0.25) is 0 Å². The second-order valence-electron chi connectivity index (χ2n) is 7.47. The minimum absolute atomic E-state index is 0.0198. The Morgan fingerprint density at radius 3 is 2.43 bits per heavy atom. The molecule has 0 amide bonds. The van der Waals surface area contributed by atoms with Crippen molar-refractivity contribution in [1.82, 2.24) is 13.7 Å². The summed E-state index contributed by atoms with van der Waals surface area (Å²) in [5.74, 6) is 1.76. The van der Waals surface area contributed by atoms with Gasteiger partial charge in [0.05, 0.1) is 28.2 Å². The van der Waals surface area contributed by atoms with Gasteiger partial charge in [0.15, 0.2) is 0 Å². The topological polar surface area (TPSA) is 62.1 Å². The van der Waals surface area contributed by atoms with Crippen molar-refractivity contribution < 1.29 is 4.42 Å². The summed E-state index contributed by atoms with van der Waals surface area (Å²) in [7, 11) is 3.28. The van der Waals surface area contributed by atoms with Crippen LogP contribution in [0.3, 0.4) is 0 Å². The zero-order chi connectivity index (χ0) is 19.6. The second kappa shape index (κ2) is 5.86. The number of benzene rings is 1. The summed E-state index contributed by atoms with van der Waals surface area (Å²) in [5.41, 5.74) is 2.99. The lowest BCUT2D eigenvalue weighted by Gasteiger charge is -2.10. The van der Waals surface area contributed by atoms with E-state index in [9.17, 15) is 9.59 Å². The second-order valence-corrected chi connectivity index (χ2v) is 7.47. The number of rotatable bonds is 2. The van der Waals surface area contributed by atoms with Crippen LogP contribution in [0.15, 0.2) is 56.5 Å². The van der Waals surface area contributed by atoms with Crippen LogP contribution < -0.4 is 11.2 Å². The van der Waals surface area contributed by atoms with Crippen LogP contribution in [0.5, 0.6) is 0 Å². The highest BCUT2D eigenvalue weighted by molar-refractivity contribution is 5.96. The molecule has 1 unspecified atom stereocenters. The van der Waals surface area contributed by atoms with Crippen LogP contribution in [0.25, 0.3) is 22.2 Å². The monoisotopic (exact) mass is 375 g/mol. The van der Waals surface area contributed by atoms with Gasteiger partial charge < -0.3 is 8.98 Å². The van der Waals surface area contributed by atoms with Crippen LogP contribution in [0.2, 0.25) is 0 Å². The molecule has 0 fully saturated rings. The molecule has 6 heteroatoms. The van der Waals surface area contributed by atoms with Gasteiger partial charge in [-0.3, -0.25) is 13.9 Å². The average molecular weight is 375 g/mol. The SMILES string of the molecule is Cc1ccc(C2CCn3c(-c4ccccc4)c4c(=O)n(C)c(=O)n(C)c4c32)o1. The lowest BCUT2D eigenvalue weighted by molar-refractivity contribution is 0.461. The number of hydrogen-bond acceptors (Lipinski definition) is 3. The first-order chi connectivity index (χ1) is 13.5. The fourth-order valence-electron chi connectivity index (χ4n) is 4.54. The van der Waals surface area contributed by atoms with E-state index in [1.165, 1.54) is 11.6 Å². The van der Waals surface area contributed by atoms with Crippen LogP contribution in [-0.2, 0) is 20.6 Å². The van der Waals surface area contributed by atoms with Crippen molar-refractivity contribution in [3.8, 4) is 11.3 Å². The Balaban J connectivity index is 1.95. The van der Waals surface area contributed by atoms with Crippen LogP contribution in [0, 0.1) is 6.92 Å². The molecule has 28 heavy (non-hydrogen) atoms. The maximum absolute atomic E-state index is 13.2. The predicted molar refractivity (Wildman–Crippen MR) is 108 cm³/mol. The van der Waals surface area contributed by atoms with E-state index in [4.69, 9.17) is 4.42 Å². The molecular formula is C22H21N3O3. The molecule has 6 nitrogen and oxygen atoms in total. The van der Waals surface area contributed by atoms with Crippen molar-refractivity contribution in [3.63, 3.8) is 0 Å². The largest absolute Gasteiger partial charge is 0.466 e. The van der Waals surface area contributed by atoms with Gasteiger partial charge in [0.1, 0.15) is 11.5 Å². The van der Waals surface area contributed by atoms with E-state index in [2.05, 4.69) is 4.57 Å². The van der Waals surface area contributed by atoms with Crippen LogP contribution >= 0.6 is 0 Å². The van der Waals surface area contributed by atoms with Gasteiger partial charge in [0.25, 0.3) is 5.56 Å². The first-order valence-electron chi connectivity index (χ1n) is 9.43. The Morgan fingerprint density at radius 2 is 1.75 bits per heavy atom. The molecule has 142 valence electrons. The molecule has 0 spiro atoms. The van der Waals surface area contributed by atoms with Crippen molar-refractivity contribution >= 4 is 10.9 Å². The summed E-state index contributed by atoms with van der Waals surface area (Å²) in [6.45, 7) is 2.70. The third kappa shape index (κ3) is 2.14. The Morgan fingerprint density at radius 1 is 1.00 bits per heavy atom. The van der Waals surface area contributed by atoms with Gasteiger partial charge >= 0.3 is 5.69 Å². The third-order valence-corrected chi connectivity index (χ3v) is 5.83. The van der Waals surface area contributed by atoms with Crippen molar-refractivity contribution in [2.75, 3.05) is 0 Å². The van der Waals surface area contributed by atoms with Gasteiger partial charge in [-0.2, -0.15) is 0 Å². The van der Waals surface area contributed by atoms with Crippen molar-refractivity contribution in [3.05, 3.63) is 80.5 Å². The Labute approximate surface area is 161 Å². The van der Waals surface area contributed by atoms with E-state index in [0.717, 1.165) is 41.4 Å². The minimum Gasteiger partial charge on any atom is -0.466 e. The number of furan rings is 1. The molecule has 1 atom stereocenters. The summed E-state index contributed by atoms with van der Waals surface area (Å²) < 4.78 is 10.9. The first kappa shape index (κ1) is 16.9. The normalized spacial score (nSPS) is 16.0. The van der Waals surface area contributed by atoms with Crippen molar-refractivity contribution in [2.45, 2.75) is 25.8 Å². The average Bonchev–Trinajstić information content (AvgIpc) is 3.39. The molecule has 4 aromatic rings. The molecule has 0 saturated carbocycles. The number of aryl methyl sites for hydroxylation is 2. The fourth-order valence-corrected chi connectivity index (χ4v) is 4.54. The van der Waals surface area contributed by atoms with Crippen LogP contribution in [-0.4, -0.2) is 13.7 Å². The van der Waals surface area contributed by atoms with Gasteiger partial charge in [-0.25, -0.2) is 4.79 Å². The molecule has 0 saturated heterocycles. The van der Waals surface area contributed by atoms with Gasteiger partial charge in [-0.15, -0.1) is 0 Å². The fraction of sp³-hybridized carbons (Fsp3) is 0.273. The molecule has 5 rings (SSSR count). The number of nitrogens with zero attached hydrogens (tertiary/aromatic N) is 3. The molecule has 4 heterocycles. The number of aromatic nitrogens is 3. The van der Waals surface area contributed by atoms with E-state index in [0.29, 0.717) is 10.9 Å². The van der Waals surface area contributed by atoms with E-state index in [1.54, 1.807) is 11.6 Å². The van der Waals surface area contributed by atoms with Gasteiger partial charge in [0, 0.05) is 20.6 Å². The predicted octanol–water partition coefficient (Wildman–Crippen LogP) is 3.14. The quantitative estimate of drug-likeness (QED) is 0.541. The van der Waals surface area contributed by atoms with Crippen LogP contribution in [0.4, 0.5) is 0 Å². The summed E-state index contributed by atoms with van der Waals surface area (Å²) in [5, 5.41) is 0.596. The van der Waals surface area contributed by atoms with Crippen molar-refractivity contribution in [2.24, 2.45) is 14.1 Å². The first-order valence-corrected chi connectivity index (χ1v) is 9.43. The van der Waals surface area contributed by atoms with Gasteiger partial charge in [-0.05, 0) is 31.0 Å². The zero-order valence-electron chi connectivity index (χ0n) is 16.1. The highest BCUT2D eigenvalue weighted by Gasteiger charge is 2.35. The van der Waals surface area contributed by atoms with E-state index >= 15 is 0 Å². The maximum atomic E-state index is 13.2. The van der Waals surface area contributed by atoms with Crippen LogP contribution in [0.1, 0.15) is 29.6 Å². The van der Waals surface area contributed by atoms with E-state index < -0.39 is 0 Å². The molecule has 1 aliphatic rings. The minimum atomic E-state index is -0.313. The zero-order valence-corrected chi connectivity index (χ0v) is 16.1. The van der Waals surface area contributed by atoms with Gasteiger partial charge in [-0.1, -0.05) is 30.3 Å². The molecule has 0 bridgehead atoms. The maximum Gasteiger partial charge on any atom is 0.331 e. The van der Waals surface area contributed by atoms with Crippen molar-refractivity contribution in [1.29, 1.82) is 0 Å². The van der Waals surface area contributed by atoms with E-state index in [1.807, 2.05) is 49.4 Å². The highest BCUT2D eigenvalue weighted by atomic mass is 16.3. The lowest BCUT2D eigenvalue weighted by atomic mass is 10.00. The Hall–Kier alpha value is -3.28. The third-order valence-electron chi connectivity index (χ3n) is 5.83. The number of hydrogen-bond donors (Lipinski definition) is 0. The molecule has 1 aromatic carbocycles. The number of fused-ring (bicyclic) bond motifs is 3. The molecule has 0 radical (unpaired) electrons. The van der Waals surface area contributed by atoms with E-state index in [-0.39, 0.29) is 17.2 Å². The molecule has 1 aliphatic heterocycles. The standard InChI is InChI=1S/C22H21N3O3/c1-13-9-10-16(28-13)15-11-12-25-18(14-7-5-4-6-8-14)17-20(19(15)25)23(2)22(27)24(3)21(17)26/h4-10,15H,11-12H2,1-3H3. The summed E-state index contributed by atoms with van der Waals surface area (Å²) >= 11 is 0. The summed E-state index contributed by atoms with van der Waals surface area (Å²) in [6, 6.07) is 13.9.